The quantitative estimate of drug-likeness (QED) is 0.774. The van der Waals surface area contributed by atoms with Crippen LogP contribution in [-0.4, -0.2) is 25.1 Å². The number of hydrogen-bond donors (Lipinski definition) is 1. The van der Waals surface area contributed by atoms with Crippen LogP contribution in [0.15, 0.2) is 48.7 Å². The van der Waals surface area contributed by atoms with Gasteiger partial charge in [-0.25, -0.2) is 0 Å². The fourth-order valence-electron chi connectivity index (χ4n) is 2.91. The first kappa shape index (κ1) is 16.8. The highest BCUT2D eigenvalue weighted by Crippen LogP contribution is 2.42. The molecule has 3 rings (SSSR count). The molecule has 1 amide bonds. The third-order valence-corrected chi connectivity index (χ3v) is 4.06. The predicted molar refractivity (Wildman–Crippen MR) is 97.8 cm³/mol. The van der Waals surface area contributed by atoms with Gasteiger partial charge in [0.15, 0.2) is 0 Å². The van der Waals surface area contributed by atoms with Crippen molar-refractivity contribution in [2.24, 2.45) is 0 Å². The number of carbonyl (C=O) groups is 1. The number of ether oxygens (including phenoxy) is 2. The molecule has 0 fully saturated rings. The van der Waals surface area contributed by atoms with Crippen LogP contribution in [0, 0.1) is 0 Å². The number of methoxy groups -OCH3 is 2. The molecule has 3 aromatic rings. The summed E-state index contributed by atoms with van der Waals surface area (Å²) in [5.41, 5.74) is 2.43. The number of nitrogens with zero attached hydrogens (tertiary/aromatic N) is 1. The fraction of sp³-hybridized carbons (Fsp3) is 0.200. The number of amides is 1. The van der Waals surface area contributed by atoms with Crippen molar-refractivity contribution in [3.63, 3.8) is 0 Å². The molecule has 0 radical (unpaired) electrons. The molecule has 0 spiro atoms. The van der Waals surface area contributed by atoms with Crippen LogP contribution < -0.4 is 14.8 Å². The van der Waals surface area contributed by atoms with Crippen molar-refractivity contribution in [3.05, 3.63) is 54.2 Å². The summed E-state index contributed by atoms with van der Waals surface area (Å²) in [4.78, 5) is 15.9. The lowest BCUT2D eigenvalue weighted by Crippen LogP contribution is -2.19. The monoisotopic (exact) mass is 336 g/mol. The van der Waals surface area contributed by atoms with Crippen LogP contribution in [0.3, 0.4) is 0 Å². The van der Waals surface area contributed by atoms with Gasteiger partial charge in [-0.05, 0) is 23.6 Å². The molecule has 0 aliphatic carbocycles. The van der Waals surface area contributed by atoms with E-state index in [-0.39, 0.29) is 5.91 Å². The fourth-order valence-corrected chi connectivity index (χ4v) is 2.91. The van der Waals surface area contributed by atoms with E-state index < -0.39 is 0 Å². The van der Waals surface area contributed by atoms with Crippen LogP contribution in [0.2, 0.25) is 0 Å². The molecular formula is C20H20N2O3. The Morgan fingerprint density at radius 3 is 2.60 bits per heavy atom. The first-order chi connectivity index (χ1) is 12.2. The van der Waals surface area contributed by atoms with Gasteiger partial charge in [0.25, 0.3) is 0 Å². The molecule has 0 atom stereocenters. The number of carbonyl (C=O) groups excluding carboxylic acids is 1. The molecular weight excluding hydrogens is 316 g/mol. The molecule has 1 heterocycles. The largest absolute Gasteiger partial charge is 0.496 e. The summed E-state index contributed by atoms with van der Waals surface area (Å²) in [5, 5.41) is 4.91. The Labute approximate surface area is 146 Å². The summed E-state index contributed by atoms with van der Waals surface area (Å²) < 4.78 is 11.2. The van der Waals surface area contributed by atoms with Gasteiger partial charge in [-0.3, -0.25) is 9.78 Å². The predicted octanol–water partition coefficient (Wildman–Crippen LogP) is 3.56. The number of rotatable bonds is 5. The normalized spacial score (nSPS) is 10.5. The number of hydrogen-bond acceptors (Lipinski definition) is 4. The molecule has 25 heavy (non-hydrogen) atoms. The maximum atomic E-state index is 11.3. The molecule has 1 N–H and O–H groups in total. The van der Waals surface area contributed by atoms with Crippen molar-refractivity contribution >= 4 is 16.7 Å². The van der Waals surface area contributed by atoms with Crippen LogP contribution in [0.5, 0.6) is 11.5 Å². The molecule has 0 saturated carbocycles. The maximum absolute atomic E-state index is 11.3. The standard InChI is InChI=1S/C20H20N2O3/c1-13(23)22-12-15-8-9-17(24-2)18(20(15)25-3)19-16-7-5-4-6-14(16)10-11-21-19/h4-11H,12H2,1-3H3,(H,22,23). The van der Waals surface area contributed by atoms with E-state index in [1.807, 2.05) is 42.5 Å². The van der Waals surface area contributed by atoms with E-state index in [0.717, 1.165) is 27.6 Å². The Bertz CT molecular complexity index is 917. The number of benzene rings is 2. The third kappa shape index (κ3) is 3.26. The van der Waals surface area contributed by atoms with Gasteiger partial charge in [-0.15, -0.1) is 0 Å². The van der Waals surface area contributed by atoms with Crippen molar-refractivity contribution < 1.29 is 14.3 Å². The second-order valence-electron chi connectivity index (χ2n) is 5.63. The summed E-state index contributed by atoms with van der Waals surface area (Å²) in [5.74, 6) is 1.23. The summed E-state index contributed by atoms with van der Waals surface area (Å²) in [6.45, 7) is 1.86. The highest BCUT2D eigenvalue weighted by Gasteiger charge is 2.20. The first-order valence-electron chi connectivity index (χ1n) is 7.98. The Balaban J connectivity index is 2.25. The molecule has 0 aliphatic rings. The average molecular weight is 336 g/mol. The lowest BCUT2D eigenvalue weighted by molar-refractivity contribution is -0.119. The minimum Gasteiger partial charge on any atom is -0.496 e. The van der Waals surface area contributed by atoms with Crippen molar-refractivity contribution in [1.29, 1.82) is 0 Å². The minimum atomic E-state index is -0.0947. The molecule has 0 aliphatic heterocycles. The van der Waals surface area contributed by atoms with E-state index in [9.17, 15) is 4.79 Å². The van der Waals surface area contributed by atoms with Crippen LogP contribution in [0.25, 0.3) is 22.0 Å². The van der Waals surface area contributed by atoms with Crippen molar-refractivity contribution in [2.75, 3.05) is 14.2 Å². The highest BCUT2D eigenvalue weighted by molar-refractivity contribution is 5.97. The molecule has 0 bridgehead atoms. The minimum absolute atomic E-state index is 0.0947. The van der Waals surface area contributed by atoms with Crippen molar-refractivity contribution in [1.82, 2.24) is 10.3 Å². The molecule has 0 unspecified atom stereocenters. The van der Waals surface area contributed by atoms with Crippen molar-refractivity contribution in [2.45, 2.75) is 13.5 Å². The van der Waals surface area contributed by atoms with Crippen LogP contribution in [-0.2, 0) is 11.3 Å². The molecule has 5 nitrogen and oxygen atoms in total. The summed E-state index contributed by atoms with van der Waals surface area (Å²) in [7, 11) is 3.23. The highest BCUT2D eigenvalue weighted by atomic mass is 16.5. The molecule has 2 aromatic carbocycles. The second-order valence-corrected chi connectivity index (χ2v) is 5.63. The topological polar surface area (TPSA) is 60.5 Å². The van der Waals surface area contributed by atoms with Crippen LogP contribution >= 0.6 is 0 Å². The smallest absolute Gasteiger partial charge is 0.217 e. The lowest BCUT2D eigenvalue weighted by atomic mass is 9.99. The van der Waals surface area contributed by atoms with Gasteiger partial charge in [0, 0.05) is 30.6 Å². The molecule has 5 heteroatoms. The van der Waals surface area contributed by atoms with E-state index in [1.54, 1.807) is 20.4 Å². The van der Waals surface area contributed by atoms with Gasteiger partial charge < -0.3 is 14.8 Å². The summed E-state index contributed by atoms with van der Waals surface area (Å²) in [6, 6.07) is 13.8. The second kappa shape index (κ2) is 7.21. The zero-order valence-electron chi connectivity index (χ0n) is 14.5. The van der Waals surface area contributed by atoms with Gasteiger partial charge in [0.1, 0.15) is 11.5 Å². The van der Waals surface area contributed by atoms with Gasteiger partial charge in [-0.1, -0.05) is 24.3 Å². The maximum Gasteiger partial charge on any atom is 0.217 e. The van der Waals surface area contributed by atoms with Gasteiger partial charge in [0.05, 0.1) is 25.5 Å². The summed E-state index contributed by atoms with van der Waals surface area (Å²) >= 11 is 0. The van der Waals surface area contributed by atoms with Gasteiger partial charge in [0.2, 0.25) is 5.91 Å². The van der Waals surface area contributed by atoms with Gasteiger partial charge in [-0.2, -0.15) is 0 Å². The first-order valence-corrected chi connectivity index (χ1v) is 7.98. The number of fused-ring (bicyclic) bond motifs is 1. The van der Waals surface area contributed by atoms with Gasteiger partial charge >= 0.3 is 0 Å². The van der Waals surface area contributed by atoms with E-state index in [0.29, 0.717) is 18.0 Å². The Morgan fingerprint density at radius 2 is 1.88 bits per heavy atom. The molecule has 0 saturated heterocycles. The zero-order chi connectivity index (χ0) is 17.8. The van der Waals surface area contributed by atoms with Crippen LogP contribution in [0.1, 0.15) is 12.5 Å². The SMILES string of the molecule is COc1ccc(CNC(C)=O)c(OC)c1-c1nccc2ccccc12. The molecule has 1 aromatic heterocycles. The third-order valence-electron chi connectivity index (χ3n) is 4.06. The zero-order valence-corrected chi connectivity index (χ0v) is 14.5. The Morgan fingerprint density at radius 1 is 1.08 bits per heavy atom. The average Bonchev–Trinajstić information content (AvgIpc) is 2.65. The Hall–Kier alpha value is -3.08. The van der Waals surface area contributed by atoms with E-state index in [2.05, 4.69) is 10.3 Å². The summed E-state index contributed by atoms with van der Waals surface area (Å²) in [6.07, 6.45) is 1.77. The van der Waals surface area contributed by atoms with E-state index >= 15 is 0 Å². The Kier molecular flexibility index (Phi) is 4.84. The lowest BCUT2D eigenvalue weighted by Gasteiger charge is -2.18. The van der Waals surface area contributed by atoms with Crippen LogP contribution in [0.4, 0.5) is 0 Å². The number of pyridine rings is 1. The van der Waals surface area contributed by atoms with E-state index in [1.165, 1.54) is 6.92 Å². The number of nitrogens with one attached hydrogen (secondary N) is 1. The molecule has 128 valence electrons. The van der Waals surface area contributed by atoms with Crippen molar-refractivity contribution in [3.8, 4) is 22.8 Å². The van der Waals surface area contributed by atoms with E-state index in [4.69, 9.17) is 9.47 Å². The number of aromatic nitrogens is 1.